The molecule has 1 N–H and O–H groups in total. The highest BCUT2D eigenvalue weighted by Crippen LogP contribution is 2.29. The van der Waals surface area contributed by atoms with Crippen LogP contribution in [-0.4, -0.2) is 39.0 Å². The second-order valence-corrected chi connectivity index (χ2v) is 7.01. The molecule has 6 nitrogen and oxygen atoms in total. The molecule has 1 aliphatic rings. The highest BCUT2D eigenvalue weighted by molar-refractivity contribution is 7.92. The van der Waals surface area contributed by atoms with Crippen molar-refractivity contribution in [1.29, 1.82) is 0 Å². The first-order chi connectivity index (χ1) is 10.6. The molecule has 2 heterocycles. The zero-order valence-electron chi connectivity index (χ0n) is 12.3. The molecule has 7 heteroatoms. The number of hydrogen-bond acceptors (Lipinski definition) is 5. The molecule has 0 amide bonds. The number of benzene rings is 1. The molecule has 22 heavy (non-hydrogen) atoms. The lowest BCUT2D eigenvalue weighted by Crippen LogP contribution is -2.25. The summed E-state index contributed by atoms with van der Waals surface area (Å²) in [4.78, 5) is 4.13. The summed E-state index contributed by atoms with van der Waals surface area (Å²) in [6, 6.07) is 7.12. The Hall–Kier alpha value is -1.86. The van der Waals surface area contributed by atoms with Crippen molar-refractivity contribution in [3.63, 3.8) is 0 Å². The molecule has 2 aromatic rings. The van der Waals surface area contributed by atoms with Gasteiger partial charge in [0.25, 0.3) is 0 Å². The zero-order chi connectivity index (χ0) is 15.6. The van der Waals surface area contributed by atoms with Crippen LogP contribution < -0.4 is 9.46 Å². The molecular formula is C15H18N2O4S. The molecule has 1 aromatic carbocycles. The monoisotopic (exact) mass is 322 g/mol. The van der Waals surface area contributed by atoms with E-state index in [1.165, 1.54) is 7.11 Å². The first-order valence-corrected chi connectivity index (χ1v) is 8.78. The van der Waals surface area contributed by atoms with Gasteiger partial charge in [0.2, 0.25) is 15.9 Å². The molecular weight excluding hydrogens is 304 g/mol. The summed E-state index contributed by atoms with van der Waals surface area (Å²) in [5.74, 6) is 0.448. The third-order valence-corrected chi connectivity index (χ3v) is 5.00. The molecule has 3 rings (SSSR count). The Labute approximate surface area is 129 Å². The van der Waals surface area contributed by atoms with E-state index >= 15 is 0 Å². The third-order valence-electron chi connectivity index (χ3n) is 3.66. The van der Waals surface area contributed by atoms with E-state index in [2.05, 4.69) is 9.71 Å². The molecule has 1 saturated heterocycles. The number of hydrogen-bond donors (Lipinski definition) is 1. The molecule has 1 aliphatic heterocycles. The predicted molar refractivity (Wildman–Crippen MR) is 84.7 cm³/mol. The number of sulfonamides is 1. The summed E-state index contributed by atoms with van der Waals surface area (Å²) >= 11 is 0. The van der Waals surface area contributed by atoms with Crippen molar-refractivity contribution in [1.82, 2.24) is 4.98 Å². The summed E-state index contributed by atoms with van der Waals surface area (Å²) in [6.07, 6.45) is 3.08. The van der Waals surface area contributed by atoms with Gasteiger partial charge in [0.1, 0.15) is 0 Å². The number of nitrogens with one attached hydrogen (secondary N) is 1. The molecule has 0 aliphatic carbocycles. The second kappa shape index (κ2) is 6.10. The highest BCUT2D eigenvalue weighted by atomic mass is 32.2. The van der Waals surface area contributed by atoms with Crippen LogP contribution in [0.5, 0.6) is 5.88 Å². The smallest absolute Gasteiger partial charge is 0.235 e. The predicted octanol–water partition coefficient (Wildman–Crippen LogP) is 2.16. The van der Waals surface area contributed by atoms with Crippen LogP contribution in [0.15, 0.2) is 30.5 Å². The van der Waals surface area contributed by atoms with Gasteiger partial charge in [-0.15, -0.1) is 0 Å². The maximum atomic E-state index is 12.3. The number of fused-ring (bicyclic) bond motifs is 1. The van der Waals surface area contributed by atoms with E-state index in [4.69, 9.17) is 9.47 Å². The van der Waals surface area contributed by atoms with Crippen molar-refractivity contribution >= 4 is 26.5 Å². The highest BCUT2D eigenvalue weighted by Gasteiger charge is 2.23. The zero-order valence-corrected chi connectivity index (χ0v) is 13.1. The van der Waals surface area contributed by atoms with Gasteiger partial charge in [0.15, 0.2) is 0 Å². The van der Waals surface area contributed by atoms with Crippen molar-refractivity contribution < 1.29 is 17.9 Å². The van der Waals surface area contributed by atoms with E-state index in [0.29, 0.717) is 18.2 Å². The topological polar surface area (TPSA) is 77.5 Å². The number of pyridine rings is 1. The van der Waals surface area contributed by atoms with Crippen molar-refractivity contribution in [2.75, 3.05) is 24.2 Å². The summed E-state index contributed by atoms with van der Waals surface area (Å²) in [5, 5.41) is 1.52. The standard InChI is InChI=1S/C15H18N2O4S/c1-20-15-13-5-2-6-14(12(13)7-8-16-15)17-22(18,19)10-11-4-3-9-21-11/h2,5-8,11,17H,3-4,9-10H2,1H3. The number of nitrogens with zero attached hydrogens (tertiary/aromatic N) is 1. The molecule has 0 spiro atoms. The van der Waals surface area contributed by atoms with E-state index in [-0.39, 0.29) is 11.9 Å². The Morgan fingerprint density at radius 3 is 2.95 bits per heavy atom. The Balaban J connectivity index is 1.90. The van der Waals surface area contributed by atoms with Crippen LogP contribution in [0.25, 0.3) is 10.8 Å². The number of anilines is 1. The van der Waals surface area contributed by atoms with Gasteiger partial charge in [0, 0.05) is 23.6 Å². The normalized spacial score (nSPS) is 18.5. The minimum atomic E-state index is -3.47. The van der Waals surface area contributed by atoms with Crippen molar-refractivity contribution in [3.05, 3.63) is 30.5 Å². The van der Waals surface area contributed by atoms with Gasteiger partial charge in [-0.05, 0) is 31.0 Å². The summed E-state index contributed by atoms with van der Waals surface area (Å²) < 4.78 is 37.9. The van der Waals surface area contributed by atoms with Crippen LogP contribution in [0, 0.1) is 0 Å². The molecule has 0 bridgehead atoms. The lowest BCUT2D eigenvalue weighted by atomic mass is 10.1. The van der Waals surface area contributed by atoms with E-state index in [0.717, 1.165) is 23.6 Å². The van der Waals surface area contributed by atoms with Gasteiger partial charge in [-0.25, -0.2) is 13.4 Å². The number of methoxy groups -OCH3 is 1. The van der Waals surface area contributed by atoms with Crippen LogP contribution >= 0.6 is 0 Å². The minimum absolute atomic E-state index is 0.0222. The number of rotatable bonds is 5. The van der Waals surface area contributed by atoms with E-state index in [9.17, 15) is 8.42 Å². The molecule has 0 radical (unpaired) electrons. The fourth-order valence-electron chi connectivity index (χ4n) is 2.66. The van der Waals surface area contributed by atoms with E-state index < -0.39 is 10.0 Å². The first kappa shape index (κ1) is 15.1. The molecule has 118 valence electrons. The van der Waals surface area contributed by atoms with E-state index in [1.807, 2.05) is 6.07 Å². The first-order valence-electron chi connectivity index (χ1n) is 7.13. The average Bonchev–Trinajstić information content (AvgIpc) is 2.98. The van der Waals surface area contributed by atoms with Crippen LogP contribution in [-0.2, 0) is 14.8 Å². The Morgan fingerprint density at radius 2 is 2.23 bits per heavy atom. The van der Waals surface area contributed by atoms with Gasteiger partial charge in [-0.3, -0.25) is 4.72 Å². The van der Waals surface area contributed by atoms with Gasteiger partial charge < -0.3 is 9.47 Å². The Kier molecular flexibility index (Phi) is 4.17. The van der Waals surface area contributed by atoms with Gasteiger partial charge in [-0.1, -0.05) is 6.07 Å². The SMILES string of the molecule is COc1nccc2c(NS(=O)(=O)CC3CCCO3)cccc12. The second-order valence-electron chi connectivity index (χ2n) is 5.24. The van der Waals surface area contributed by atoms with Crippen molar-refractivity contribution in [2.45, 2.75) is 18.9 Å². The molecule has 1 atom stereocenters. The Morgan fingerprint density at radius 1 is 1.36 bits per heavy atom. The van der Waals surface area contributed by atoms with Crippen LogP contribution in [0.4, 0.5) is 5.69 Å². The third kappa shape index (κ3) is 3.15. The van der Waals surface area contributed by atoms with Crippen molar-refractivity contribution in [3.8, 4) is 5.88 Å². The van der Waals surface area contributed by atoms with Gasteiger partial charge in [-0.2, -0.15) is 0 Å². The largest absolute Gasteiger partial charge is 0.481 e. The fraction of sp³-hybridized carbons (Fsp3) is 0.400. The summed E-state index contributed by atoms with van der Waals surface area (Å²) in [5.41, 5.74) is 0.524. The molecule has 0 saturated carbocycles. The average molecular weight is 322 g/mol. The molecule has 1 fully saturated rings. The quantitative estimate of drug-likeness (QED) is 0.913. The maximum absolute atomic E-state index is 12.3. The number of aromatic nitrogens is 1. The number of ether oxygens (including phenoxy) is 2. The summed E-state index contributed by atoms with van der Waals surface area (Å²) in [6.45, 7) is 0.636. The lowest BCUT2D eigenvalue weighted by molar-refractivity contribution is 0.127. The fourth-order valence-corrected chi connectivity index (χ4v) is 4.01. The molecule has 1 aromatic heterocycles. The van der Waals surface area contributed by atoms with Gasteiger partial charge in [0.05, 0.1) is 24.7 Å². The van der Waals surface area contributed by atoms with Crippen LogP contribution in [0.2, 0.25) is 0 Å². The summed E-state index contributed by atoms with van der Waals surface area (Å²) in [7, 11) is -1.93. The molecule has 1 unspecified atom stereocenters. The maximum Gasteiger partial charge on any atom is 0.235 e. The lowest BCUT2D eigenvalue weighted by Gasteiger charge is -2.14. The van der Waals surface area contributed by atoms with Gasteiger partial charge >= 0.3 is 0 Å². The van der Waals surface area contributed by atoms with Crippen LogP contribution in [0.1, 0.15) is 12.8 Å². The van der Waals surface area contributed by atoms with Crippen molar-refractivity contribution in [2.24, 2.45) is 0 Å². The Bertz CT molecular complexity index is 770. The van der Waals surface area contributed by atoms with E-state index in [1.54, 1.807) is 24.4 Å². The minimum Gasteiger partial charge on any atom is -0.481 e. The van der Waals surface area contributed by atoms with Crippen LogP contribution in [0.3, 0.4) is 0 Å².